The topological polar surface area (TPSA) is 55.8 Å². The number of Topliss-reactive ketones (excluding diaryl/α,β-unsaturated/α-hetero) is 1. The minimum atomic E-state index is -1.10. The molecule has 0 atom stereocenters. The van der Waals surface area contributed by atoms with Gasteiger partial charge < -0.3 is 14.6 Å². The van der Waals surface area contributed by atoms with E-state index in [9.17, 15) is 9.90 Å². The molecule has 0 saturated heterocycles. The molecule has 108 valence electrons. The SMILES string of the molecule is CCOC(OCC)C(=O)c1sc(=S)sc1C(C)(C)O. The highest BCUT2D eigenvalue weighted by Gasteiger charge is 2.31. The van der Waals surface area contributed by atoms with Crippen molar-refractivity contribution in [3.8, 4) is 0 Å². The van der Waals surface area contributed by atoms with Gasteiger partial charge in [-0.15, -0.1) is 22.7 Å². The van der Waals surface area contributed by atoms with Crippen LogP contribution in [0, 0.1) is 3.14 Å². The molecule has 7 heteroatoms. The summed E-state index contributed by atoms with van der Waals surface area (Å²) in [6, 6.07) is 0. The molecular formula is C12H18O4S3. The van der Waals surface area contributed by atoms with Crippen LogP contribution in [0.3, 0.4) is 0 Å². The molecule has 0 unspecified atom stereocenters. The lowest BCUT2D eigenvalue weighted by atomic mass is 10.1. The highest BCUT2D eigenvalue weighted by molar-refractivity contribution is 7.76. The minimum Gasteiger partial charge on any atom is -0.385 e. The molecule has 0 aromatic carbocycles. The van der Waals surface area contributed by atoms with Crippen LogP contribution in [-0.2, 0) is 15.1 Å². The normalized spacial score (nSPS) is 12.1. The van der Waals surface area contributed by atoms with E-state index < -0.39 is 11.9 Å². The maximum absolute atomic E-state index is 12.4. The highest BCUT2D eigenvalue weighted by Crippen LogP contribution is 2.35. The predicted octanol–water partition coefficient (Wildman–Crippen LogP) is 3.35. The Kier molecular flexibility index (Phi) is 6.22. The summed E-state index contributed by atoms with van der Waals surface area (Å²) in [5.74, 6) is -0.279. The molecule has 1 heterocycles. The van der Waals surface area contributed by atoms with Crippen LogP contribution in [-0.4, -0.2) is 30.4 Å². The predicted molar refractivity (Wildman–Crippen MR) is 79.6 cm³/mol. The smallest absolute Gasteiger partial charge is 0.229 e. The van der Waals surface area contributed by atoms with Crippen molar-refractivity contribution in [2.24, 2.45) is 0 Å². The summed E-state index contributed by atoms with van der Waals surface area (Å²) >= 11 is 7.56. The van der Waals surface area contributed by atoms with E-state index in [0.29, 0.717) is 26.1 Å². The first-order valence-electron chi connectivity index (χ1n) is 5.95. The third kappa shape index (κ3) is 4.40. The quantitative estimate of drug-likeness (QED) is 0.474. The number of carbonyl (C=O) groups is 1. The molecule has 19 heavy (non-hydrogen) atoms. The van der Waals surface area contributed by atoms with Gasteiger partial charge >= 0.3 is 0 Å². The molecule has 1 rings (SSSR count). The Hall–Kier alpha value is -0.180. The Morgan fingerprint density at radius 3 is 2.26 bits per heavy atom. The van der Waals surface area contributed by atoms with E-state index in [2.05, 4.69) is 0 Å². The molecule has 1 N–H and O–H groups in total. The van der Waals surface area contributed by atoms with Gasteiger partial charge in [-0.2, -0.15) is 0 Å². The van der Waals surface area contributed by atoms with Gasteiger partial charge in [0.1, 0.15) is 3.14 Å². The Morgan fingerprint density at radius 1 is 1.32 bits per heavy atom. The van der Waals surface area contributed by atoms with Crippen molar-refractivity contribution in [1.29, 1.82) is 0 Å². The zero-order valence-corrected chi connectivity index (χ0v) is 13.8. The lowest BCUT2D eigenvalue weighted by molar-refractivity contribution is -0.107. The second kappa shape index (κ2) is 7.01. The lowest BCUT2D eigenvalue weighted by Gasteiger charge is -2.19. The summed E-state index contributed by atoms with van der Waals surface area (Å²) in [4.78, 5) is 13.4. The fourth-order valence-electron chi connectivity index (χ4n) is 1.45. The Morgan fingerprint density at radius 2 is 1.84 bits per heavy atom. The number of hydrogen-bond acceptors (Lipinski definition) is 7. The van der Waals surface area contributed by atoms with Crippen LogP contribution in [0.5, 0.6) is 0 Å². The van der Waals surface area contributed by atoms with Crippen molar-refractivity contribution in [2.45, 2.75) is 39.6 Å². The molecule has 0 saturated carbocycles. The van der Waals surface area contributed by atoms with Gasteiger partial charge in [-0.05, 0) is 27.7 Å². The molecule has 0 fully saturated rings. The molecule has 0 aliphatic rings. The van der Waals surface area contributed by atoms with Crippen molar-refractivity contribution in [3.63, 3.8) is 0 Å². The third-order valence-electron chi connectivity index (χ3n) is 2.21. The van der Waals surface area contributed by atoms with Crippen LogP contribution >= 0.6 is 34.9 Å². The van der Waals surface area contributed by atoms with Crippen molar-refractivity contribution < 1.29 is 19.4 Å². The summed E-state index contributed by atoms with van der Waals surface area (Å²) in [5.41, 5.74) is -1.10. The average Bonchev–Trinajstić information content (AvgIpc) is 2.70. The van der Waals surface area contributed by atoms with Gasteiger partial charge in [0.2, 0.25) is 12.1 Å². The van der Waals surface area contributed by atoms with E-state index in [-0.39, 0.29) is 5.78 Å². The number of hydrogen-bond donors (Lipinski definition) is 1. The molecule has 0 aliphatic heterocycles. The molecule has 1 aromatic heterocycles. The highest BCUT2D eigenvalue weighted by atomic mass is 32.2. The van der Waals surface area contributed by atoms with Gasteiger partial charge in [-0.25, -0.2) is 0 Å². The van der Waals surface area contributed by atoms with E-state index in [1.807, 2.05) is 0 Å². The van der Waals surface area contributed by atoms with Crippen LogP contribution in [0.1, 0.15) is 42.2 Å². The van der Waals surface area contributed by atoms with E-state index >= 15 is 0 Å². The molecule has 0 amide bonds. The number of ether oxygens (including phenoxy) is 2. The summed E-state index contributed by atoms with van der Waals surface area (Å²) in [6.45, 7) is 7.62. The average molecular weight is 322 g/mol. The van der Waals surface area contributed by atoms with Gasteiger partial charge in [-0.1, -0.05) is 12.2 Å². The molecular weight excluding hydrogens is 304 g/mol. The number of ketones is 1. The van der Waals surface area contributed by atoms with Crippen molar-refractivity contribution >= 4 is 40.7 Å². The van der Waals surface area contributed by atoms with Gasteiger partial charge in [0.15, 0.2) is 0 Å². The fraction of sp³-hybridized carbons (Fsp3) is 0.667. The molecule has 0 radical (unpaired) electrons. The van der Waals surface area contributed by atoms with Crippen LogP contribution < -0.4 is 0 Å². The summed E-state index contributed by atoms with van der Waals surface area (Å²) in [6.07, 6.45) is -0.934. The first kappa shape index (κ1) is 16.9. The molecule has 0 bridgehead atoms. The van der Waals surface area contributed by atoms with Gasteiger partial charge in [0.25, 0.3) is 0 Å². The van der Waals surface area contributed by atoms with E-state index in [1.165, 1.54) is 22.7 Å². The van der Waals surface area contributed by atoms with Gasteiger partial charge in [0.05, 0.1) is 15.4 Å². The summed E-state index contributed by atoms with van der Waals surface area (Å²) < 4.78 is 11.2. The monoisotopic (exact) mass is 322 g/mol. The molecule has 4 nitrogen and oxygen atoms in total. The van der Waals surface area contributed by atoms with Gasteiger partial charge in [-0.3, -0.25) is 4.79 Å². The van der Waals surface area contributed by atoms with Crippen molar-refractivity contribution in [3.05, 3.63) is 12.9 Å². The minimum absolute atomic E-state index is 0.279. The Labute approximate surface area is 126 Å². The second-order valence-corrected chi connectivity index (χ2v) is 7.50. The molecule has 1 aromatic rings. The van der Waals surface area contributed by atoms with Crippen molar-refractivity contribution in [2.75, 3.05) is 13.2 Å². The largest absolute Gasteiger partial charge is 0.385 e. The van der Waals surface area contributed by atoms with E-state index in [4.69, 9.17) is 21.7 Å². The maximum atomic E-state index is 12.4. The number of carbonyl (C=O) groups excluding carboxylic acids is 1. The molecule has 0 spiro atoms. The standard InChI is InChI=1S/C12H18O4S3/c1-5-15-10(16-6-2)7(13)8-9(12(3,4)14)19-11(17)18-8/h10,14H,5-6H2,1-4H3. The second-order valence-electron chi connectivity index (χ2n) is 4.28. The fourth-order valence-corrected chi connectivity index (χ4v) is 4.19. The zero-order chi connectivity index (χ0) is 14.6. The zero-order valence-electron chi connectivity index (χ0n) is 11.4. The van der Waals surface area contributed by atoms with Crippen LogP contribution in [0.2, 0.25) is 0 Å². The maximum Gasteiger partial charge on any atom is 0.229 e. The van der Waals surface area contributed by atoms with E-state index in [1.54, 1.807) is 27.7 Å². The van der Waals surface area contributed by atoms with Crippen LogP contribution in [0.15, 0.2) is 0 Å². The molecule has 0 aliphatic carbocycles. The van der Waals surface area contributed by atoms with Crippen molar-refractivity contribution in [1.82, 2.24) is 0 Å². The summed E-state index contributed by atoms with van der Waals surface area (Å²) in [5, 5.41) is 10.1. The van der Waals surface area contributed by atoms with Crippen LogP contribution in [0.25, 0.3) is 0 Å². The van der Waals surface area contributed by atoms with Gasteiger partial charge in [0, 0.05) is 13.2 Å². The Bertz CT molecular complexity index is 478. The summed E-state index contributed by atoms with van der Waals surface area (Å²) in [7, 11) is 0. The first-order chi connectivity index (χ1) is 8.81. The number of aliphatic hydroxyl groups is 1. The Balaban J connectivity index is 3.14. The lowest BCUT2D eigenvalue weighted by Crippen LogP contribution is -2.29. The van der Waals surface area contributed by atoms with E-state index in [0.717, 1.165) is 0 Å². The third-order valence-corrected chi connectivity index (χ3v) is 5.19. The number of rotatable bonds is 7. The van der Waals surface area contributed by atoms with Crippen LogP contribution in [0.4, 0.5) is 0 Å². The first-order valence-corrected chi connectivity index (χ1v) is 7.99.